The molecule has 1 aromatic rings. The molecular formula is C11H17N3O2. The molecule has 1 unspecified atom stereocenters. The zero-order chi connectivity index (χ0) is 12.0. The number of hydrogen-bond acceptors (Lipinski definition) is 4. The van der Waals surface area contributed by atoms with Gasteiger partial charge in [0.2, 0.25) is 5.91 Å². The highest BCUT2D eigenvalue weighted by Gasteiger charge is 2.14. The van der Waals surface area contributed by atoms with Crippen molar-refractivity contribution in [2.75, 3.05) is 18.4 Å². The number of nitrogens with zero attached hydrogens (tertiary/aromatic N) is 1. The lowest BCUT2D eigenvalue weighted by Gasteiger charge is -2.12. The van der Waals surface area contributed by atoms with Crippen molar-refractivity contribution in [3.05, 3.63) is 18.3 Å². The molecule has 88 valence electrons. The largest absolute Gasteiger partial charge is 0.504 e. The molecule has 0 aliphatic rings. The summed E-state index contributed by atoms with van der Waals surface area (Å²) in [5.74, 6) is -0.140. The first kappa shape index (κ1) is 12.4. The Hall–Kier alpha value is -1.62. The van der Waals surface area contributed by atoms with Crippen LogP contribution in [-0.2, 0) is 4.79 Å². The highest BCUT2D eigenvalue weighted by atomic mass is 16.3. The van der Waals surface area contributed by atoms with E-state index in [4.69, 9.17) is 0 Å². The van der Waals surface area contributed by atoms with Crippen LogP contribution in [0.15, 0.2) is 18.3 Å². The van der Waals surface area contributed by atoms with Gasteiger partial charge in [-0.1, -0.05) is 13.8 Å². The smallest absolute Gasteiger partial charge is 0.229 e. The van der Waals surface area contributed by atoms with E-state index in [2.05, 4.69) is 15.6 Å². The zero-order valence-electron chi connectivity index (χ0n) is 9.53. The summed E-state index contributed by atoms with van der Waals surface area (Å²) >= 11 is 0. The molecule has 0 fully saturated rings. The summed E-state index contributed by atoms with van der Waals surface area (Å²) in [7, 11) is 0. The standard InChI is InChI=1S/C11H17N3O2/c1-3-12-7-8(2)11(16)14-10-9(15)5-4-6-13-10/h4-6,8,12,15H,3,7H2,1-2H3,(H,13,14,16). The molecule has 0 saturated heterocycles. The molecule has 1 aromatic heterocycles. The summed E-state index contributed by atoms with van der Waals surface area (Å²) in [4.78, 5) is 15.5. The van der Waals surface area contributed by atoms with Gasteiger partial charge in [0.1, 0.15) is 0 Å². The van der Waals surface area contributed by atoms with Crippen molar-refractivity contribution in [2.24, 2.45) is 5.92 Å². The second-order valence-electron chi connectivity index (χ2n) is 3.57. The SMILES string of the molecule is CCNCC(C)C(=O)Nc1ncccc1O. The van der Waals surface area contributed by atoms with Gasteiger partial charge in [-0.15, -0.1) is 0 Å². The molecule has 0 aliphatic heterocycles. The van der Waals surface area contributed by atoms with E-state index in [1.165, 1.54) is 12.3 Å². The average Bonchev–Trinajstić information content (AvgIpc) is 2.28. The fraction of sp³-hybridized carbons (Fsp3) is 0.455. The fourth-order valence-corrected chi connectivity index (χ4v) is 1.19. The van der Waals surface area contributed by atoms with E-state index in [1.807, 2.05) is 13.8 Å². The summed E-state index contributed by atoms with van der Waals surface area (Å²) in [6.45, 7) is 5.23. The number of aromatic nitrogens is 1. The van der Waals surface area contributed by atoms with Crippen molar-refractivity contribution in [2.45, 2.75) is 13.8 Å². The van der Waals surface area contributed by atoms with Crippen molar-refractivity contribution in [3.8, 4) is 5.75 Å². The first-order valence-electron chi connectivity index (χ1n) is 5.30. The first-order valence-corrected chi connectivity index (χ1v) is 5.30. The Morgan fingerprint density at radius 3 is 3.00 bits per heavy atom. The van der Waals surface area contributed by atoms with Gasteiger partial charge in [-0.25, -0.2) is 4.98 Å². The van der Waals surface area contributed by atoms with Crippen molar-refractivity contribution >= 4 is 11.7 Å². The van der Waals surface area contributed by atoms with Gasteiger partial charge < -0.3 is 15.7 Å². The number of carbonyl (C=O) groups excluding carboxylic acids is 1. The molecule has 0 aliphatic carbocycles. The first-order chi connectivity index (χ1) is 7.65. The Balaban J connectivity index is 2.54. The van der Waals surface area contributed by atoms with Crippen LogP contribution in [0.5, 0.6) is 5.75 Å². The molecule has 5 heteroatoms. The molecule has 1 heterocycles. The van der Waals surface area contributed by atoms with Crippen LogP contribution in [0.25, 0.3) is 0 Å². The molecule has 0 saturated carbocycles. The molecule has 16 heavy (non-hydrogen) atoms. The van der Waals surface area contributed by atoms with Crippen LogP contribution >= 0.6 is 0 Å². The molecule has 0 bridgehead atoms. The van der Waals surface area contributed by atoms with Gasteiger partial charge in [0, 0.05) is 18.7 Å². The summed E-state index contributed by atoms with van der Waals surface area (Å²) in [6, 6.07) is 3.09. The number of nitrogens with one attached hydrogen (secondary N) is 2. The van der Waals surface area contributed by atoms with Gasteiger partial charge in [0.05, 0.1) is 0 Å². The number of amides is 1. The van der Waals surface area contributed by atoms with E-state index in [1.54, 1.807) is 6.07 Å². The Morgan fingerprint density at radius 2 is 2.38 bits per heavy atom. The van der Waals surface area contributed by atoms with Crippen molar-refractivity contribution in [3.63, 3.8) is 0 Å². The Bertz CT molecular complexity index is 355. The van der Waals surface area contributed by atoms with Crippen LogP contribution in [0.1, 0.15) is 13.8 Å². The molecule has 0 spiro atoms. The van der Waals surface area contributed by atoms with Crippen LogP contribution < -0.4 is 10.6 Å². The minimum atomic E-state index is -0.165. The van der Waals surface area contributed by atoms with Crippen LogP contribution in [0.2, 0.25) is 0 Å². The zero-order valence-corrected chi connectivity index (χ0v) is 9.53. The maximum absolute atomic E-state index is 11.7. The van der Waals surface area contributed by atoms with E-state index >= 15 is 0 Å². The molecule has 1 atom stereocenters. The average molecular weight is 223 g/mol. The van der Waals surface area contributed by atoms with Crippen molar-refractivity contribution < 1.29 is 9.90 Å². The van der Waals surface area contributed by atoms with E-state index in [-0.39, 0.29) is 23.4 Å². The van der Waals surface area contributed by atoms with Gasteiger partial charge >= 0.3 is 0 Å². The van der Waals surface area contributed by atoms with Crippen LogP contribution in [-0.4, -0.2) is 29.1 Å². The Labute approximate surface area is 94.9 Å². The van der Waals surface area contributed by atoms with Crippen LogP contribution in [0.4, 0.5) is 5.82 Å². The lowest BCUT2D eigenvalue weighted by molar-refractivity contribution is -0.119. The van der Waals surface area contributed by atoms with E-state index in [0.29, 0.717) is 6.54 Å². The summed E-state index contributed by atoms with van der Waals surface area (Å²) in [5, 5.41) is 15.1. The lowest BCUT2D eigenvalue weighted by Crippen LogP contribution is -2.30. The highest BCUT2D eigenvalue weighted by Crippen LogP contribution is 2.18. The molecule has 0 radical (unpaired) electrons. The molecule has 1 rings (SSSR count). The van der Waals surface area contributed by atoms with Crippen molar-refractivity contribution in [1.29, 1.82) is 0 Å². The number of hydrogen-bond donors (Lipinski definition) is 3. The predicted molar refractivity (Wildman–Crippen MR) is 62.2 cm³/mol. The summed E-state index contributed by atoms with van der Waals surface area (Å²) in [5.41, 5.74) is 0. The van der Waals surface area contributed by atoms with Gasteiger partial charge in [-0.05, 0) is 18.7 Å². The minimum Gasteiger partial charge on any atom is -0.504 e. The molecule has 0 aromatic carbocycles. The number of anilines is 1. The van der Waals surface area contributed by atoms with Gasteiger partial charge in [0.25, 0.3) is 0 Å². The van der Waals surface area contributed by atoms with E-state index < -0.39 is 0 Å². The second kappa shape index (κ2) is 6.07. The fourth-order valence-electron chi connectivity index (χ4n) is 1.19. The number of pyridine rings is 1. The highest BCUT2D eigenvalue weighted by molar-refractivity contribution is 5.92. The molecule has 3 N–H and O–H groups in total. The Morgan fingerprint density at radius 1 is 1.62 bits per heavy atom. The molecular weight excluding hydrogens is 206 g/mol. The number of rotatable bonds is 5. The van der Waals surface area contributed by atoms with Crippen molar-refractivity contribution in [1.82, 2.24) is 10.3 Å². The Kier molecular flexibility index (Phi) is 4.72. The van der Waals surface area contributed by atoms with Gasteiger partial charge in [-0.3, -0.25) is 4.79 Å². The molecule has 5 nitrogen and oxygen atoms in total. The monoisotopic (exact) mass is 223 g/mol. The van der Waals surface area contributed by atoms with E-state index in [9.17, 15) is 9.90 Å². The van der Waals surface area contributed by atoms with Gasteiger partial charge in [0.15, 0.2) is 11.6 Å². The topological polar surface area (TPSA) is 74.2 Å². The number of aromatic hydroxyl groups is 1. The second-order valence-corrected chi connectivity index (χ2v) is 3.57. The number of carbonyl (C=O) groups is 1. The summed E-state index contributed by atoms with van der Waals surface area (Å²) < 4.78 is 0. The third-order valence-electron chi connectivity index (χ3n) is 2.18. The van der Waals surface area contributed by atoms with E-state index in [0.717, 1.165) is 6.54 Å². The predicted octanol–water partition coefficient (Wildman–Crippen LogP) is 0.971. The van der Waals surface area contributed by atoms with Gasteiger partial charge in [-0.2, -0.15) is 0 Å². The van der Waals surface area contributed by atoms with Crippen LogP contribution in [0, 0.1) is 5.92 Å². The molecule has 1 amide bonds. The van der Waals surface area contributed by atoms with Crippen LogP contribution in [0.3, 0.4) is 0 Å². The normalized spacial score (nSPS) is 12.1. The lowest BCUT2D eigenvalue weighted by atomic mass is 10.1. The maximum Gasteiger partial charge on any atom is 0.229 e. The summed E-state index contributed by atoms with van der Waals surface area (Å²) in [6.07, 6.45) is 1.52. The third kappa shape index (κ3) is 3.51. The quantitative estimate of drug-likeness (QED) is 0.695. The third-order valence-corrected chi connectivity index (χ3v) is 2.18. The maximum atomic E-state index is 11.7. The minimum absolute atomic E-state index is 0.0218.